The van der Waals surface area contributed by atoms with Crippen LogP contribution in [0.15, 0.2) is 48.1 Å². The average molecular weight is 834 g/mol. The molecular weight excluding hydrogens is 739 g/mol. The molecule has 5 unspecified atom stereocenters. The number of unbranched alkanes of at least 4 members (excludes halogenated alkanes) is 10. The first-order valence-electron chi connectivity index (χ1n) is 26.2. The third kappa shape index (κ3) is 17.4. The third-order valence-electron chi connectivity index (χ3n) is 15.7. The van der Waals surface area contributed by atoms with E-state index in [2.05, 4.69) is 75.1 Å². The fourth-order valence-corrected chi connectivity index (χ4v) is 12.2. The van der Waals surface area contributed by atoms with E-state index in [4.69, 9.17) is 18.9 Å². The summed E-state index contributed by atoms with van der Waals surface area (Å²) >= 11 is 0. The van der Waals surface area contributed by atoms with Gasteiger partial charge >= 0.3 is 0 Å². The second kappa shape index (κ2) is 29.3. The van der Waals surface area contributed by atoms with E-state index in [1.165, 1.54) is 135 Å². The molecule has 3 saturated carbocycles. The molecule has 4 aliphatic carbocycles. The highest BCUT2D eigenvalue weighted by Crippen LogP contribution is 2.62. The number of fused-ring (bicyclic) bond motifs is 5. The van der Waals surface area contributed by atoms with Gasteiger partial charge in [-0.15, -0.1) is 0 Å². The van der Waals surface area contributed by atoms with Crippen molar-refractivity contribution in [2.75, 3.05) is 59.3 Å². The second-order valence-electron chi connectivity index (χ2n) is 20.6. The largest absolute Gasteiger partial charge is 0.379 e. The lowest BCUT2D eigenvalue weighted by molar-refractivity contribution is -0.0643. The van der Waals surface area contributed by atoms with Crippen LogP contribution in [0.5, 0.6) is 0 Å². The van der Waals surface area contributed by atoms with Crippen LogP contribution in [0.4, 0.5) is 0 Å². The molecule has 0 saturated heterocycles. The predicted molar refractivity (Wildman–Crippen MR) is 255 cm³/mol. The topological polar surface area (TPSA) is 40.2 Å². The van der Waals surface area contributed by atoms with Crippen molar-refractivity contribution < 1.29 is 18.9 Å². The fraction of sp³-hybridized carbons (Fsp3) is 0.855. The first-order chi connectivity index (χ1) is 29.5. The van der Waals surface area contributed by atoms with Crippen LogP contribution in [-0.2, 0) is 18.9 Å². The Morgan fingerprint density at radius 1 is 0.750 bits per heavy atom. The zero-order chi connectivity index (χ0) is 42.1. The SMILES string of the molecule is CCCCCC=CCC=CCCCCCCCCOCC(CN1CC=CCC1)OCCOCCO[C@H]1CC[C@@]2(C)C(=CCC3C4CC[C@H](CCCCC(C)C)C4CCC32)C1. The van der Waals surface area contributed by atoms with Crippen LogP contribution >= 0.6 is 0 Å². The molecule has 0 aromatic rings. The summed E-state index contributed by atoms with van der Waals surface area (Å²) in [5.41, 5.74) is 2.14. The summed E-state index contributed by atoms with van der Waals surface area (Å²) in [7, 11) is 0. The Bertz CT molecular complexity index is 1240. The number of allylic oxidation sites excluding steroid dienone is 5. The lowest BCUT2D eigenvalue weighted by atomic mass is 9.50. The smallest absolute Gasteiger partial charge is 0.0936 e. The van der Waals surface area contributed by atoms with Crippen LogP contribution in [0, 0.1) is 40.9 Å². The van der Waals surface area contributed by atoms with Gasteiger partial charge in [-0.2, -0.15) is 0 Å². The quantitative estimate of drug-likeness (QED) is 0.0499. The maximum atomic E-state index is 6.49. The van der Waals surface area contributed by atoms with Gasteiger partial charge in [-0.05, 0) is 137 Å². The van der Waals surface area contributed by atoms with Gasteiger partial charge in [0.25, 0.3) is 0 Å². The van der Waals surface area contributed by atoms with E-state index in [0.29, 0.717) is 44.6 Å². The molecule has 0 aromatic heterocycles. The van der Waals surface area contributed by atoms with Crippen molar-refractivity contribution in [3.63, 3.8) is 0 Å². The minimum Gasteiger partial charge on any atom is -0.379 e. The number of rotatable bonds is 32. The van der Waals surface area contributed by atoms with E-state index in [1.54, 1.807) is 5.57 Å². The zero-order valence-electron chi connectivity index (χ0n) is 39.8. The van der Waals surface area contributed by atoms with Gasteiger partial charge in [-0.25, -0.2) is 0 Å². The van der Waals surface area contributed by atoms with Gasteiger partial charge in [-0.1, -0.05) is 140 Å². The summed E-state index contributed by atoms with van der Waals surface area (Å²) in [6.45, 7) is 16.8. The summed E-state index contributed by atoms with van der Waals surface area (Å²) in [6, 6.07) is 0. The van der Waals surface area contributed by atoms with Gasteiger partial charge in [-0.3, -0.25) is 4.90 Å². The molecule has 0 bridgehead atoms. The van der Waals surface area contributed by atoms with Crippen LogP contribution in [0.25, 0.3) is 0 Å². The molecule has 60 heavy (non-hydrogen) atoms. The minimum atomic E-state index is 0.0885. The monoisotopic (exact) mass is 834 g/mol. The molecule has 5 aliphatic rings. The van der Waals surface area contributed by atoms with Gasteiger partial charge in [0.1, 0.15) is 0 Å². The molecule has 0 amide bonds. The van der Waals surface area contributed by atoms with Crippen LogP contribution in [0.1, 0.15) is 188 Å². The Labute approximate surface area is 371 Å². The first kappa shape index (κ1) is 49.8. The van der Waals surface area contributed by atoms with Gasteiger partial charge in [0.2, 0.25) is 0 Å². The lowest BCUT2D eigenvalue weighted by Crippen LogP contribution is -2.47. The minimum absolute atomic E-state index is 0.0885. The Morgan fingerprint density at radius 3 is 2.33 bits per heavy atom. The normalized spacial score (nSPS) is 28.7. The molecule has 5 rings (SSSR count). The molecule has 1 aliphatic heterocycles. The highest BCUT2D eigenvalue weighted by Gasteiger charge is 2.54. The molecule has 344 valence electrons. The second-order valence-corrected chi connectivity index (χ2v) is 20.6. The van der Waals surface area contributed by atoms with Crippen molar-refractivity contribution in [3.05, 3.63) is 48.1 Å². The third-order valence-corrected chi connectivity index (χ3v) is 15.7. The van der Waals surface area contributed by atoms with E-state index in [-0.39, 0.29) is 6.10 Å². The van der Waals surface area contributed by atoms with E-state index < -0.39 is 0 Å². The van der Waals surface area contributed by atoms with Gasteiger partial charge in [0, 0.05) is 26.2 Å². The zero-order valence-corrected chi connectivity index (χ0v) is 39.8. The van der Waals surface area contributed by atoms with Gasteiger partial charge in [0.05, 0.1) is 45.2 Å². The summed E-state index contributed by atoms with van der Waals surface area (Å²) in [5, 5.41) is 0. The first-order valence-corrected chi connectivity index (χ1v) is 26.2. The van der Waals surface area contributed by atoms with Crippen molar-refractivity contribution >= 4 is 0 Å². The summed E-state index contributed by atoms with van der Waals surface area (Å²) < 4.78 is 25.1. The maximum Gasteiger partial charge on any atom is 0.0936 e. The summed E-state index contributed by atoms with van der Waals surface area (Å²) in [6.07, 6.45) is 50.3. The van der Waals surface area contributed by atoms with Gasteiger partial charge in [0.15, 0.2) is 0 Å². The van der Waals surface area contributed by atoms with E-state index in [9.17, 15) is 0 Å². The number of nitrogens with zero attached hydrogens (tertiary/aromatic N) is 1. The van der Waals surface area contributed by atoms with Crippen molar-refractivity contribution in [2.45, 2.75) is 200 Å². The molecule has 0 aromatic carbocycles. The van der Waals surface area contributed by atoms with Crippen molar-refractivity contribution in [1.29, 1.82) is 0 Å². The lowest BCUT2D eigenvalue weighted by Gasteiger charge is -2.55. The van der Waals surface area contributed by atoms with Crippen LogP contribution in [0.3, 0.4) is 0 Å². The van der Waals surface area contributed by atoms with E-state index >= 15 is 0 Å². The van der Waals surface area contributed by atoms with Crippen molar-refractivity contribution in [2.24, 2.45) is 40.9 Å². The van der Waals surface area contributed by atoms with Crippen molar-refractivity contribution in [1.82, 2.24) is 4.90 Å². The molecule has 0 spiro atoms. The molecule has 8 atom stereocenters. The number of ether oxygens (including phenoxy) is 4. The Kier molecular flexibility index (Phi) is 24.3. The van der Waals surface area contributed by atoms with Crippen molar-refractivity contribution in [3.8, 4) is 0 Å². The molecule has 0 N–H and O–H groups in total. The maximum absolute atomic E-state index is 6.49. The molecule has 1 heterocycles. The summed E-state index contributed by atoms with van der Waals surface area (Å²) in [5.74, 6) is 5.74. The predicted octanol–water partition coefficient (Wildman–Crippen LogP) is 14.3. The van der Waals surface area contributed by atoms with Crippen LogP contribution < -0.4 is 0 Å². The highest BCUT2D eigenvalue weighted by molar-refractivity contribution is 5.24. The van der Waals surface area contributed by atoms with E-state index in [1.807, 2.05) is 0 Å². The molecule has 3 fully saturated rings. The van der Waals surface area contributed by atoms with E-state index in [0.717, 1.165) is 87.4 Å². The molecule has 0 radical (unpaired) electrons. The highest BCUT2D eigenvalue weighted by atomic mass is 16.6. The van der Waals surface area contributed by atoms with Crippen LogP contribution in [-0.4, -0.2) is 76.4 Å². The Balaban J connectivity index is 0.890. The Morgan fingerprint density at radius 2 is 1.53 bits per heavy atom. The number of hydrogen-bond donors (Lipinski definition) is 0. The standard InChI is InChI=1S/C55H95NO4/c1-5-6-7-8-9-10-11-12-13-14-15-16-17-18-19-25-38-58-45-50(44-56-36-23-20-24-37-56)60-42-40-57-39-41-59-49-34-35-55(4)48(43-49)29-31-53-52-30-28-47(27-22-21-26-46(2)3)51(52)32-33-54(53)55/h9-10,12-13,20,23,29,46-47,49-54H,5-8,11,14-19,21-22,24-28,30-45H2,1-4H3/t47-,49-,50?,51?,52?,53?,54?,55-/m0/s1. The number of hydrogen-bond acceptors (Lipinski definition) is 5. The molecular formula is C55H95NO4. The Hall–Kier alpha value is -1.24. The summed E-state index contributed by atoms with van der Waals surface area (Å²) in [4.78, 5) is 2.49. The van der Waals surface area contributed by atoms with Gasteiger partial charge < -0.3 is 18.9 Å². The molecule has 5 nitrogen and oxygen atoms in total. The molecule has 5 heteroatoms. The fourth-order valence-electron chi connectivity index (χ4n) is 12.2. The van der Waals surface area contributed by atoms with Crippen LogP contribution in [0.2, 0.25) is 0 Å². The average Bonchev–Trinajstić information content (AvgIpc) is 3.68.